The SMILES string of the molecule is COC(=O)c1cccc2c1nc(NCCCCCCN)c1ncc(-c3ccc(O)c(O)c3)n12. The number of anilines is 1. The van der Waals surface area contributed by atoms with Crippen LogP contribution in [0.3, 0.4) is 0 Å². The van der Waals surface area contributed by atoms with Crippen molar-refractivity contribution in [2.75, 3.05) is 25.5 Å². The fourth-order valence-electron chi connectivity index (χ4n) is 3.86. The monoisotopic (exact) mass is 449 g/mol. The molecule has 0 aliphatic heterocycles. The summed E-state index contributed by atoms with van der Waals surface area (Å²) in [4.78, 5) is 21.8. The molecular formula is C24H27N5O4. The highest BCUT2D eigenvalue weighted by Gasteiger charge is 2.19. The molecule has 0 bridgehead atoms. The highest BCUT2D eigenvalue weighted by atomic mass is 16.5. The van der Waals surface area contributed by atoms with Gasteiger partial charge in [-0.2, -0.15) is 0 Å². The zero-order valence-corrected chi connectivity index (χ0v) is 18.4. The third-order valence-corrected chi connectivity index (χ3v) is 5.55. The Kier molecular flexibility index (Phi) is 6.60. The summed E-state index contributed by atoms with van der Waals surface area (Å²) in [6.07, 6.45) is 5.75. The number of para-hydroxylation sites is 1. The number of nitrogens with zero attached hydrogens (tertiary/aromatic N) is 3. The van der Waals surface area contributed by atoms with E-state index in [0.29, 0.717) is 52.4 Å². The number of imidazole rings is 1. The van der Waals surface area contributed by atoms with Gasteiger partial charge in [0.15, 0.2) is 23.0 Å². The molecule has 2 heterocycles. The summed E-state index contributed by atoms with van der Waals surface area (Å²) < 4.78 is 6.85. The second-order valence-electron chi connectivity index (χ2n) is 7.76. The number of phenolic OH excluding ortho intramolecular Hbond substituents is 2. The van der Waals surface area contributed by atoms with Crippen LogP contribution in [-0.2, 0) is 4.74 Å². The molecule has 0 fully saturated rings. The molecule has 5 N–H and O–H groups in total. The van der Waals surface area contributed by atoms with Gasteiger partial charge in [-0.25, -0.2) is 14.8 Å². The molecule has 0 unspecified atom stereocenters. The second kappa shape index (κ2) is 9.74. The van der Waals surface area contributed by atoms with E-state index in [4.69, 9.17) is 15.5 Å². The van der Waals surface area contributed by atoms with Crippen molar-refractivity contribution in [3.8, 4) is 22.8 Å². The van der Waals surface area contributed by atoms with Crippen LogP contribution in [0.15, 0.2) is 42.6 Å². The lowest BCUT2D eigenvalue weighted by atomic mass is 10.1. The van der Waals surface area contributed by atoms with Crippen molar-refractivity contribution < 1.29 is 19.7 Å². The number of fused-ring (bicyclic) bond motifs is 3. The highest BCUT2D eigenvalue weighted by Crippen LogP contribution is 2.34. The highest BCUT2D eigenvalue weighted by molar-refractivity contribution is 6.03. The summed E-state index contributed by atoms with van der Waals surface area (Å²) in [6, 6.07) is 9.88. The maximum atomic E-state index is 12.4. The van der Waals surface area contributed by atoms with Crippen molar-refractivity contribution in [3.63, 3.8) is 0 Å². The van der Waals surface area contributed by atoms with Gasteiger partial charge < -0.3 is 26.0 Å². The van der Waals surface area contributed by atoms with Crippen LogP contribution in [0.2, 0.25) is 0 Å². The summed E-state index contributed by atoms with van der Waals surface area (Å²) in [6.45, 7) is 1.39. The average molecular weight is 450 g/mol. The van der Waals surface area contributed by atoms with Crippen molar-refractivity contribution in [1.29, 1.82) is 0 Å². The van der Waals surface area contributed by atoms with E-state index in [1.54, 1.807) is 24.4 Å². The Morgan fingerprint density at radius 3 is 2.70 bits per heavy atom. The largest absolute Gasteiger partial charge is 0.504 e. The van der Waals surface area contributed by atoms with Crippen LogP contribution in [0.25, 0.3) is 27.9 Å². The lowest BCUT2D eigenvalue weighted by Crippen LogP contribution is -2.10. The number of nitrogens with one attached hydrogen (secondary N) is 1. The van der Waals surface area contributed by atoms with Gasteiger partial charge in [0, 0.05) is 12.1 Å². The predicted octanol–water partition coefficient (Wildman–Crippen LogP) is 3.68. The minimum absolute atomic E-state index is 0.205. The van der Waals surface area contributed by atoms with E-state index in [9.17, 15) is 15.0 Å². The van der Waals surface area contributed by atoms with Crippen molar-refractivity contribution in [2.24, 2.45) is 5.73 Å². The van der Waals surface area contributed by atoms with E-state index in [2.05, 4.69) is 10.3 Å². The maximum Gasteiger partial charge on any atom is 0.340 e. The molecule has 0 saturated heterocycles. The number of aromatic hydroxyl groups is 2. The zero-order chi connectivity index (χ0) is 23.4. The van der Waals surface area contributed by atoms with Crippen LogP contribution in [0.4, 0.5) is 5.82 Å². The van der Waals surface area contributed by atoms with Gasteiger partial charge in [0.2, 0.25) is 0 Å². The first-order valence-electron chi connectivity index (χ1n) is 10.9. The Bertz CT molecular complexity index is 1300. The number of ether oxygens (including phenoxy) is 1. The average Bonchev–Trinajstić information content (AvgIpc) is 3.28. The summed E-state index contributed by atoms with van der Waals surface area (Å²) in [5, 5.41) is 23.1. The van der Waals surface area contributed by atoms with E-state index in [-0.39, 0.29) is 11.5 Å². The van der Waals surface area contributed by atoms with E-state index in [1.165, 1.54) is 19.2 Å². The first kappa shape index (κ1) is 22.3. The molecule has 9 heteroatoms. The second-order valence-corrected chi connectivity index (χ2v) is 7.76. The number of benzene rings is 2. The van der Waals surface area contributed by atoms with E-state index in [0.717, 1.165) is 25.7 Å². The number of carbonyl (C=O) groups excluding carboxylic acids is 1. The van der Waals surface area contributed by atoms with Crippen molar-refractivity contribution in [2.45, 2.75) is 25.7 Å². The lowest BCUT2D eigenvalue weighted by Gasteiger charge is -2.13. The number of rotatable bonds is 9. The molecule has 0 spiro atoms. The van der Waals surface area contributed by atoms with Gasteiger partial charge in [0.25, 0.3) is 0 Å². The smallest absolute Gasteiger partial charge is 0.340 e. The van der Waals surface area contributed by atoms with Crippen LogP contribution in [0.1, 0.15) is 36.0 Å². The number of methoxy groups -OCH3 is 1. The van der Waals surface area contributed by atoms with E-state index < -0.39 is 5.97 Å². The fraction of sp³-hybridized carbons (Fsp3) is 0.292. The van der Waals surface area contributed by atoms with Crippen LogP contribution in [0, 0.1) is 0 Å². The third-order valence-electron chi connectivity index (χ3n) is 5.55. The van der Waals surface area contributed by atoms with Crippen molar-refractivity contribution in [3.05, 3.63) is 48.2 Å². The Morgan fingerprint density at radius 2 is 1.94 bits per heavy atom. The fourth-order valence-corrected chi connectivity index (χ4v) is 3.86. The Balaban J connectivity index is 1.85. The minimum Gasteiger partial charge on any atom is -0.504 e. The summed E-state index contributed by atoms with van der Waals surface area (Å²) >= 11 is 0. The first-order valence-corrected chi connectivity index (χ1v) is 10.9. The van der Waals surface area contributed by atoms with Crippen LogP contribution in [-0.4, -0.2) is 50.8 Å². The maximum absolute atomic E-state index is 12.4. The lowest BCUT2D eigenvalue weighted by molar-refractivity contribution is 0.0602. The summed E-state index contributed by atoms with van der Waals surface area (Å²) in [7, 11) is 1.34. The molecule has 0 saturated carbocycles. The van der Waals surface area contributed by atoms with Crippen LogP contribution < -0.4 is 11.1 Å². The molecular weight excluding hydrogens is 422 g/mol. The number of unbranched alkanes of at least 4 members (excludes halogenated alkanes) is 3. The molecule has 33 heavy (non-hydrogen) atoms. The zero-order valence-electron chi connectivity index (χ0n) is 18.4. The number of hydrogen-bond donors (Lipinski definition) is 4. The minimum atomic E-state index is -0.482. The quantitative estimate of drug-likeness (QED) is 0.173. The topological polar surface area (TPSA) is 135 Å². The number of hydrogen-bond acceptors (Lipinski definition) is 8. The molecule has 4 aromatic rings. The first-order chi connectivity index (χ1) is 16.0. The van der Waals surface area contributed by atoms with Gasteiger partial charge in [0.05, 0.1) is 30.1 Å². The molecule has 0 amide bonds. The predicted molar refractivity (Wildman–Crippen MR) is 127 cm³/mol. The molecule has 2 aromatic heterocycles. The normalized spacial score (nSPS) is 11.2. The standard InChI is InChI=1S/C24H27N5O4/c1-33-24(32)16-7-6-8-17-21(16)28-22(26-12-5-3-2-4-11-25)23-27-14-18(29(17)23)15-9-10-19(30)20(31)13-15/h6-10,13-14,30-31H,2-5,11-12,25H2,1H3,(H,26,28). The number of nitrogens with two attached hydrogens (primary N) is 1. The third kappa shape index (κ3) is 4.40. The molecule has 0 atom stereocenters. The van der Waals surface area contributed by atoms with Gasteiger partial charge in [-0.05, 0) is 49.7 Å². The molecule has 9 nitrogen and oxygen atoms in total. The number of carbonyl (C=O) groups is 1. The Hall–Kier alpha value is -3.85. The Labute approximate surface area is 190 Å². The molecule has 0 radical (unpaired) electrons. The summed E-state index contributed by atoms with van der Waals surface area (Å²) in [5.41, 5.74) is 8.98. The number of phenols is 2. The Morgan fingerprint density at radius 1 is 1.12 bits per heavy atom. The van der Waals surface area contributed by atoms with E-state index in [1.807, 2.05) is 10.5 Å². The number of aromatic nitrogens is 3. The molecule has 4 rings (SSSR count). The van der Waals surface area contributed by atoms with Gasteiger partial charge in [-0.3, -0.25) is 4.40 Å². The molecule has 0 aliphatic carbocycles. The van der Waals surface area contributed by atoms with Crippen LogP contribution in [0.5, 0.6) is 11.5 Å². The van der Waals surface area contributed by atoms with Gasteiger partial charge in [-0.15, -0.1) is 0 Å². The molecule has 2 aromatic carbocycles. The number of esters is 1. The van der Waals surface area contributed by atoms with Crippen LogP contribution >= 0.6 is 0 Å². The summed E-state index contributed by atoms with van der Waals surface area (Å²) in [5.74, 6) is -0.369. The van der Waals surface area contributed by atoms with Crippen molar-refractivity contribution >= 4 is 28.5 Å². The van der Waals surface area contributed by atoms with Gasteiger partial charge >= 0.3 is 5.97 Å². The van der Waals surface area contributed by atoms with Gasteiger partial charge in [0.1, 0.15) is 5.52 Å². The van der Waals surface area contributed by atoms with Crippen molar-refractivity contribution in [1.82, 2.24) is 14.4 Å². The molecule has 172 valence electrons. The van der Waals surface area contributed by atoms with E-state index >= 15 is 0 Å². The van der Waals surface area contributed by atoms with Gasteiger partial charge in [-0.1, -0.05) is 18.9 Å². The molecule has 0 aliphatic rings.